The SMILES string of the molecule is CCOC(OCC)C(N)=Cc1cc(C)cs1. The van der Waals surface area contributed by atoms with E-state index in [1.165, 1.54) is 5.56 Å². The van der Waals surface area contributed by atoms with Gasteiger partial charge >= 0.3 is 0 Å². The van der Waals surface area contributed by atoms with E-state index in [1.54, 1.807) is 11.3 Å². The molecule has 1 aromatic heterocycles. The lowest BCUT2D eigenvalue weighted by atomic mass is 10.3. The summed E-state index contributed by atoms with van der Waals surface area (Å²) < 4.78 is 10.8. The van der Waals surface area contributed by atoms with Gasteiger partial charge in [-0.15, -0.1) is 11.3 Å². The van der Waals surface area contributed by atoms with Crippen molar-refractivity contribution in [3.8, 4) is 0 Å². The largest absolute Gasteiger partial charge is 0.398 e. The Labute approximate surface area is 101 Å². The molecule has 16 heavy (non-hydrogen) atoms. The van der Waals surface area contributed by atoms with Gasteiger partial charge in [0.05, 0.1) is 5.70 Å². The van der Waals surface area contributed by atoms with E-state index in [1.807, 2.05) is 19.9 Å². The molecule has 0 fully saturated rings. The number of ether oxygens (including phenoxy) is 2. The van der Waals surface area contributed by atoms with Crippen LogP contribution in [0.4, 0.5) is 0 Å². The van der Waals surface area contributed by atoms with E-state index in [0.717, 1.165) is 4.88 Å². The first kappa shape index (κ1) is 13.2. The van der Waals surface area contributed by atoms with Crippen LogP contribution in [0.25, 0.3) is 6.08 Å². The third kappa shape index (κ3) is 3.96. The molecular formula is C12H19NO2S. The molecule has 0 aromatic carbocycles. The summed E-state index contributed by atoms with van der Waals surface area (Å²) in [6.45, 7) is 7.08. The van der Waals surface area contributed by atoms with Crippen molar-refractivity contribution in [3.63, 3.8) is 0 Å². The molecule has 1 heterocycles. The minimum absolute atomic E-state index is 0.433. The average molecular weight is 241 g/mol. The number of hydrogen-bond donors (Lipinski definition) is 1. The molecular weight excluding hydrogens is 222 g/mol. The van der Waals surface area contributed by atoms with Crippen molar-refractivity contribution in [3.05, 3.63) is 27.6 Å². The minimum atomic E-state index is -0.433. The molecule has 1 rings (SSSR count). The Hall–Kier alpha value is -0.840. The summed E-state index contributed by atoms with van der Waals surface area (Å²) in [6.07, 6.45) is 1.48. The highest BCUT2D eigenvalue weighted by Gasteiger charge is 2.11. The van der Waals surface area contributed by atoms with Crippen molar-refractivity contribution in [2.75, 3.05) is 13.2 Å². The number of aryl methyl sites for hydroxylation is 1. The van der Waals surface area contributed by atoms with Gasteiger partial charge < -0.3 is 15.2 Å². The van der Waals surface area contributed by atoms with Gasteiger partial charge in [0.15, 0.2) is 6.29 Å². The van der Waals surface area contributed by atoms with Crippen LogP contribution in [0.15, 0.2) is 17.1 Å². The molecule has 0 aliphatic carbocycles. The molecule has 4 heteroatoms. The van der Waals surface area contributed by atoms with E-state index >= 15 is 0 Å². The minimum Gasteiger partial charge on any atom is -0.398 e. The van der Waals surface area contributed by atoms with Crippen LogP contribution in [0.5, 0.6) is 0 Å². The molecule has 0 saturated carbocycles. The number of hydrogen-bond acceptors (Lipinski definition) is 4. The molecule has 0 bridgehead atoms. The number of thiophene rings is 1. The highest BCUT2D eigenvalue weighted by molar-refractivity contribution is 7.11. The van der Waals surface area contributed by atoms with Crippen molar-refractivity contribution < 1.29 is 9.47 Å². The summed E-state index contributed by atoms with van der Waals surface area (Å²) in [5.41, 5.74) is 7.81. The lowest BCUT2D eigenvalue weighted by molar-refractivity contribution is -0.111. The molecule has 0 radical (unpaired) electrons. The summed E-state index contributed by atoms with van der Waals surface area (Å²) in [6, 6.07) is 2.09. The predicted octanol–water partition coefficient (Wildman–Crippen LogP) is 2.76. The zero-order valence-corrected chi connectivity index (χ0v) is 10.8. The monoisotopic (exact) mass is 241 g/mol. The van der Waals surface area contributed by atoms with Gasteiger partial charge in [-0.05, 0) is 43.9 Å². The topological polar surface area (TPSA) is 44.5 Å². The van der Waals surface area contributed by atoms with Crippen LogP contribution < -0.4 is 5.73 Å². The Bertz CT molecular complexity index is 341. The average Bonchev–Trinajstić information content (AvgIpc) is 2.63. The second-order valence-electron chi connectivity index (χ2n) is 3.41. The van der Waals surface area contributed by atoms with Crippen LogP contribution in [0.3, 0.4) is 0 Å². The first-order chi connectivity index (χ1) is 7.67. The highest BCUT2D eigenvalue weighted by atomic mass is 32.1. The smallest absolute Gasteiger partial charge is 0.198 e. The van der Waals surface area contributed by atoms with E-state index in [4.69, 9.17) is 15.2 Å². The molecule has 90 valence electrons. The lowest BCUT2D eigenvalue weighted by Gasteiger charge is -2.16. The van der Waals surface area contributed by atoms with Crippen LogP contribution in [0.1, 0.15) is 24.3 Å². The Morgan fingerprint density at radius 3 is 2.50 bits per heavy atom. The maximum absolute atomic E-state index is 5.95. The van der Waals surface area contributed by atoms with Crippen molar-refractivity contribution >= 4 is 17.4 Å². The van der Waals surface area contributed by atoms with Gasteiger partial charge in [-0.25, -0.2) is 0 Å². The fraction of sp³-hybridized carbons (Fsp3) is 0.500. The van der Waals surface area contributed by atoms with Crippen LogP contribution in [0, 0.1) is 6.92 Å². The van der Waals surface area contributed by atoms with Crippen molar-refractivity contribution in [2.24, 2.45) is 5.73 Å². The Kier molecular flexibility index (Phi) is 5.52. The van der Waals surface area contributed by atoms with Crippen LogP contribution >= 0.6 is 11.3 Å². The van der Waals surface area contributed by atoms with Crippen LogP contribution in [-0.4, -0.2) is 19.5 Å². The Morgan fingerprint density at radius 1 is 1.44 bits per heavy atom. The standard InChI is InChI=1S/C12H19NO2S/c1-4-14-12(15-5-2)11(13)7-10-6-9(3)8-16-10/h6-8,12H,4-5,13H2,1-3H3. The van der Waals surface area contributed by atoms with Crippen molar-refractivity contribution in [2.45, 2.75) is 27.1 Å². The molecule has 2 N–H and O–H groups in total. The fourth-order valence-electron chi connectivity index (χ4n) is 1.30. The summed E-state index contributed by atoms with van der Waals surface area (Å²) in [5, 5.41) is 2.09. The number of nitrogens with two attached hydrogens (primary N) is 1. The van der Waals surface area contributed by atoms with E-state index in [-0.39, 0.29) is 0 Å². The van der Waals surface area contributed by atoms with Crippen molar-refractivity contribution in [1.29, 1.82) is 0 Å². The van der Waals surface area contributed by atoms with E-state index in [9.17, 15) is 0 Å². The molecule has 0 aliphatic rings. The quantitative estimate of drug-likeness (QED) is 0.779. The van der Waals surface area contributed by atoms with E-state index < -0.39 is 6.29 Å². The Morgan fingerprint density at radius 2 is 2.06 bits per heavy atom. The third-order valence-corrected chi connectivity index (χ3v) is 2.97. The van der Waals surface area contributed by atoms with Gasteiger partial charge in [0.25, 0.3) is 0 Å². The first-order valence-electron chi connectivity index (χ1n) is 5.42. The zero-order chi connectivity index (χ0) is 12.0. The predicted molar refractivity (Wildman–Crippen MR) is 68.3 cm³/mol. The van der Waals surface area contributed by atoms with Gasteiger partial charge in [-0.2, -0.15) is 0 Å². The molecule has 3 nitrogen and oxygen atoms in total. The van der Waals surface area contributed by atoms with Crippen molar-refractivity contribution in [1.82, 2.24) is 0 Å². The lowest BCUT2D eigenvalue weighted by Crippen LogP contribution is -2.24. The maximum Gasteiger partial charge on any atom is 0.198 e. The molecule has 0 atom stereocenters. The highest BCUT2D eigenvalue weighted by Crippen LogP contribution is 2.17. The summed E-state index contributed by atoms with van der Waals surface area (Å²) in [4.78, 5) is 1.12. The second kappa shape index (κ2) is 6.68. The van der Waals surface area contributed by atoms with Crippen LogP contribution in [-0.2, 0) is 9.47 Å². The molecule has 0 amide bonds. The van der Waals surface area contributed by atoms with Gasteiger partial charge in [0.1, 0.15) is 0 Å². The normalized spacial score (nSPS) is 12.4. The summed E-state index contributed by atoms with van der Waals surface area (Å²) >= 11 is 1.66. The summed E-state index contributed by atoms with van der Waals surface area (Å²) in [5.74, 6) is 0. The van der Waals surface area contributed by atoms with E-state index in [2.05, 4.69) is 18.4 Å². The third-order valence-electron chi connectivity index (χ3n) is 1.97. The first-order valence-corrected chi connectivity index (χ1v) is 6.30. The molecule has 0 aliphatic heterocycles. The molecule has 0 unspecified atom stereocenters. The van der Waals surface area contributed by atoms with Gasteiger partial charge in [-0.1, -0.05) is 0 Å². The maximum atomic E-state index is 5.95. The zero-order valence-electron chi connectivity index (χ0n) is 10.0. The van der Waals surface area contributed by atoms with Gasteiger partial charge in [0.2, 0.25) is 0 Å². The van der Waals surface area contributed by atoms with Crippen LogP contribution in [0.2, 0.25) is 0 Å². The van der Waals surface area contributed by atoms with Gasteiger partial charge in [0, 0.05) is 18.1 Å². The summed E-state index contributed by atoms with van der Waals surface area (Å²) in [7, 11) is 0. The fourth-order valence-corrected chi connectivity index (χ4v) is 2.15. The second-order valence-corrected chi connectivity index (χ2v) is 4.36. The molecule has 0 spiro atoms. The Balaban J connectivity index is 2.72. The number of rotatable bonds is 6. The molecule has 0 saturated heterocycles. The van der Waals surface area contributed by atoms with Gasteiger partial charge in [-0.3, -0.25) is 0 Å². The molecule has 1 aromatic rings. The van der Waals surface area contributed by atoms with E-state index in [0.29, 0.717) is 18.9 Å².